The van der Waals surface area contributed by atoms with Crippen molar-refractivity contribution in [3.05, 3.63) is 17.8 Å². The molecule has 1 unspecified atom stereocenters. The van der Waals surface area contributed by atoms with Crippen LogP contribution in [0.3, 0.4) is 0 Å². The molecular formula is C7H9NO4. The number of oxazole rings is 1. The lowest BCUT2D eigenvalue weighted by Gasteiger charge is -1.98. The Balaban J connectivity index is 2.84. The quantitative estimate of drug-likeness (QED) is 0.690. The third-order valence-electron chi connectivity index (χ3n) is 1.44. The second-order valence-electron chi connectivity index (χ2n) is 2.46. The first-order chi connectivity index (χ1) is 5.65. The summed E-state index contributed by atoms with van der Waals surface area (Å²) in [5, 5.41) is 17.2. The average Bonchev–Trinajstić information content (AvgIpc) is 2.51. The largest absolute Gasteiger partial charge is 0.476 e. The Morgan fingerprint density at radius 1 is 1.83 bits per heavy atom. The Labute approximate surface area is 68.7 Å². The molecule has 0 saturated carbocycles. The maximum absolute atomic E-state index is 10.3. The van der Waals surface area contributed by atoms with E-state index < -0.39 is 5.97 Å². The van der Waals surface area contributed by atoms with Crippen LogP contribution in [0.15, 0.2) is 10.7 Å². The van der Waals surface area contributed by atoms with Crippen LogP contribution >= 0.6 is 0 Å². The van der Waals surface area contributed by atoms with E-state index in [4.69, 9.17) is 14.6 Å². The van der Waals surface area contributed by atoms with Crippen LogP contribution in [0.5, 0.6) is 0 Å². The summed E-state index contributed by atoms with van der Waals surface area (Å²) in [6, 6.07) is 0. The molecule has 0 aliphatic heterocycles. The number of nitrogens with zero attached hydrogens (tertiary/aromatic N) is 1. The number of rotatable bonds is 3. The van der Waals surface area contributed by atoms with Gasteiger partial charge >= 0.3 is 5.97 Å². The van der Waals surface area contributed by atoms with Crippen LogP contribution in [0, 0.1) is 0 Å². The Bertz CT molecular complexity index is 281. The zero-order chi connectivity index (χ0) is 9.14. The lowest BCUT2D eigenvalue weighted by Crippen LogP contribution is -2.01. The van der Waals surface area contributed by atoms with E-state index >= 15 is 0 Å². The molecule has 0 fully saturated rings. The number of aliphatic hydroxyl groups is 1. The van der Waals surface area contributed by atoms with Crippen molar-refractivity contribution < 1.29 is 19.4 Å². The van der Waals surface area contributed by atoms with E-state index in [1.165, 1.54) is 0 Å². The second kappa shape index (κ2) is 3.36. The van der Waals surface area contributed by atoms with Gasteiger partial charge in [-0.2, -0.15) is 0 Å². The van der Waals surface area contributed by atoms with Crippen molar-refractivity contribution in [2.45, 2.75) is 12.8 Å². The van der Waals surface area contributed by atoms with Crippen molar-refractivity contribution >= 4 is 5.97 Å². The van der Waals surface area contributed by atoms with E-state index in [1.54, 1.807) is 6.92 Å². The summed E-state index contributed by atoms with van der Waals surface area (Å²) in [7, 11) is 0. The Kier molecular flexibility index (Phi) is 2.44. The van der Waals surface area contributed by atoms with Crippen molar-refractivity contribution in [2.24, 2.45) is 0 Å². The molecular weight excluding hydrogens is 162 g/mol. The number of hydrogen-bond donors (Lipinski definition) is 2. The number of carboxylic acids is 1. The standard InChI is InChI=1S/C7H9NO4/c1-4(2-9)6-8-5(3-12-6)7(10)11/h3-4,9H,2H2,1H3,(H,10,11). The molecule has 1 aromatic heterocycles. The Morgan fingerprint density at radius 3 is 2.92 bits per heavy atom. The van der Waals surface area contributed by atoms with Gasteiger partial charge in [0.2, 0.25) is 0 Å². The predicted octanol–water partition coefficient (Wildman–Crippen LogP) is 0.469. The first-order valence-corrected chi connectivity index (χ1v) is 3.44. The molecule has 5 heteroatoms. The van der Waals surface area contributed by atoms with Crippen molar-refractivity contribution in [3.8, 4) is 0 Å². The third-order valence-corrected chi connectivity index (χ3v) is 1.44. The molecule has 2 N–H and O–H groups in total. The number of aromatic carboxylic acids is 1. The minimum absolute atomic E-state index is 0.112. The molecule has 1 rings (SSSR count). The van der Waals surface area contributed by atoms with Gasteiger partial charge in [-0.05, 0) is 0 Å². The molecule has 66 valence electrons. The minimum atomic E-state index is -1.13. The van der Waals surface area contributed by atoms with Crippen molar-refractivity contribution in [1.82, 2.24) is 4.98 Å². The fourth-order valence-corrected chi connectivity index (χ4v) is 0.690. The first kappa shape index (κ1) is 8.73. The predicted molar refractivity (Wildman–Crippen MR) is 39.0 cm³/mol. The third kappa shape index (κ3) is 1.62. The highest BCUT2D eigenvalue weighted by Crippen LogP contribution is 2.13. The molecule has 1 heterocycles. The molecule has 0 aliphatic rings. The van der Waals surface area contributed by atoms with E-state index in [0.717, 1.165) is 6.26 Å². The van der Waals surface area contributed by atoms with Gasteiger partial charge in [0.15, 0.2) is 11.6 Å². The highest BCUT2D eigenvalue weighted by atomic mass is 16.4. The fraction of sp³-hybridized carbons (Fsp3) is 0.429. The van der Waals surface area contributed by atoms with Crippen LogP contribution in [-0.2, 0) is 0 Å². The van der Waals surface area contributed by atoms with Crippen LogP contribution in [0.2, 0.25) is 0 Å². The number of hydrogen-bond acceptors (Lipinski definition) is 4. The summed E-state index contributed by atoms with van der Waals surface area (Å²) in [6.45, 7) is 1.58. The van der Waals surface area contributed by atoms with Crippen LogP contribution in [0.1, 0.15) is 29.2 Å². The first-order valence-electron chi connectivity index (χ1n) is 3.44. The molecule has 5 nitrogen and oxygen atoms in total. The van der Waals surface area contributed by atoms with Gasteiger partial charge in [-0.1, -0.05) is 6.92 Å². The van der Waals surface area contributed by atoms with E-state index in [9.17, 15) is 4.79 Å². The van der Waals surface area contributed by atoms with Crippen molar-refractivity contribution in [1.29, 1.82) is 0 Å². The number of carboxylic acid groups (broad SMARTS) is 1. The molecule has 0 saturated heterocycles. The van der Waals surface area contributed by atoms with Crippen LogP contribution < -0.4 is 0 Å². The highest BCUT2D eigenvalue weighted by molar-refractivity contribution is 5.84. The van der Waals surface area contributed by atoms with Crippen LogP contribution in [0.4, 0.5) is 0 Å². The summed E-state index contributed by atoms with van der Waals surface area (Å²) >= 11 is 0. The monoisotopic (exact) mass is 171 g/mol. The summed E-state index contributed by atoms with van der Waals surface area (Å²) < 4.78 is 4.83. The fourth-order valence-electron chi connectivity index (χ4n) is 0.690. The summed E-state index contributed by atoms with van der Waals surface area (Å²) in [5.74, 6) is -1.15. The molecule has 0 radical (unpaired) electrons. The minimum Gasteiger partial charge on any atom is -0.476 e. The lowest BCUT2D eigenvalue weighted by molar-refractivity contribution is 0.0690. The average molecular weight is 171 g/mol. The number of aliphatic hydroxyl groups excluding tert-OH is 1. The topological polar surface area (TPSA) is 83.6 Å². The second-order valence-corrected chi connectivity index (χ2v) is 2.46. The van der Waals surface area contributed by atoms with E-state index in [0.29, 0.717) is 0 Å². The van der Waals surface area contributed by atoms with E-state index in [-0.39, 0.29) is 24.1 Å². The summed E-state index contributed by atoms with van der Waals surface area (Å²) in [4.78, 5) is 14.0. The van der Waals surface area contributed by atoms with Gasteiger partial charge in [0.05, 0.1) is 12.5 Å². The normalized spacial score (nSPS) is 12.8. The van der Waals surface area contributed by atoms with Gasteiger partial charge in [-0.25, -0.2) is 9.78 Å². The highest BCUT2D eigenvalue weighted by Gasteiger charge is 2.14. The zero-order valence-electron chi connectivity index (χ0n) is 6.52. The molecule has 0 aromatic carbocycles. The lowest BCUT2D eigenvalue weighted by atomic mass is 10.2. The molecule has 1 atom stereocenters. The Morgan fingerprint density at radius 2 is 2.50 bits per heavy atom. The van der Waals surface area contributed by atoms with Crippen LogP contribution in [0.25, 0.3) is 0 Å². The van der Waals surface area contributed by atoms with Gasteiger partial charge in [0.25, 0.3) is 0 Å². The van der Waals surface area contributed by atoms with Crippen molar-refractivity contribution in [2.75, 3.05) is 6.61 Å². The SMILES string of the molecule is CC(CO)c1nc(C(=O)O)co1. The molecule has 1 aromatic rings. The maximum atomic E-state index is 10.3. The van der Waals surface area contributed by atoms with Crippen LogP contribution in [-0.4, -0.2) is 27.8 Å². The van der Waals surface area contributed by atoms with Gasteiger partial charge in [0, 0.05) is 0 Å². The number of aromatic nitrogens is 1. The van der Waals surface area contributed by atoms with Gasteiger partial charge < -0.3 is 14.6 Å². The molecule has 0 amide bonds. The van der Waals surface area contributed by atoms with Gasteiger partial charge in [-0.3, -0.25) is 0 Å². The summed E-state index contributed by atoms with van der Waals surface area (Å²) in [5.41, 5.74) is -0.134. The molecule has 0 spiro atoms. The summed E-state index contributed by atoms with van der Waals surface area (Å²) in [6.07, 6.45) is 1.06. The van der Waals surface area contributed by atoms with Gasteiger partial charge in [-0.15, -0.1) is 0 Å². The zero-order valence-corrected chi connectivity index (χ0v) is 6.52. The Hall–Kier alpha value is -1.36. The number of carbonyl (C=O) groups is 1. The maximum Gasteiger partial charge on any atom is 0.357 e. The van der Waals surface area contributed by atoms with E-state index in [1.807, 2.05) is 0 Å². The smallest absolute Gasteiger partial charge is 0.357 e. The van der Waals surface area contributed by atoms with Crippen molar-refractivity contribution in [3.63, 3.8) is 0 Å². The molecule has 12 heavy (non-hydrogen) atoms. The molecule has 0 aliphatic carbocycles. The van der Waals surface area contributed by atoms with Gasteiger partial charge in [0.1, 0.15) is 6.26 Å². The van der Waals surface area contributed by atoms with E-state index in [2.05, 4.69) is 4.98 Å². The molecule has 0 bridgehead atoms.